The fourth-order valence-electron chi connectivity index (χ4n) is 1.99. The van der Waals surface area contributed by atoms with E-state index in [-0.39, 0.29) is 0 Å². The summed E-state index contributed by atoms with van der Waals surface area (Å²) < 4.78 is 0. The molecule has 1 radical (unpaired) electrons. The number of hydrogen-bond donors (Lipinski definition) is 1. The van der Waals surface area contributed by atoms with Crippen LogP contribution in [0.5, 0.6) is 0 Å². The first-order valence-corrected chi connectivity index (χ1v) is 4.72. The van der Waals surface area contributed by atoms with Gasteiger partial charge in [0.05, 0.1) is 5.69 Å². The van der Waals surface area contributed by atoms with Crippen molar-refractivity contribution in [2.24, 2.45) is 0 Å². The van der Waals surface area contributed by atoms with Crippen molar-refractivity contribution in [3.8, 4) is 0 Å². The highest BCUT2D eigenvalue weighted by atomic mass is 16.3. The Labute approximate surface area is 78.6 Å². The lowest BCUT2D eigenvalue weighted by Crippen LogP contribution is -2.31. The van der Waals surface area contributed by atoms with Gasteiger partial charge in [-0.15, -0.1) is 0 Å². The van der Waals surface area contributed by atoms with Gasteiger partial charge in [0.2, 0.25) is 0 Å². The molecular weight excluding hydrogens is 162 g/mol. The quantitative estimate of drug-likeness (QED) is 0.708. The van der Waals surface area contributed by atoms with Crippen molar-refractivity contribution < 1.29 is 5.11 Å². The number of nitrogens with zero attached hydrogens (tertiary/aromatic N) is 1. The van der Waals surface area contributed by atoms with Crippen LogP contribution in [0.25, 0.3) is 0 Å². The van der Waals surface area contributed by atoms with Gasteiger partial charge in [0.15, 0.2) is 0 Å². The average molecular weight is 176 g/mol. The van der Waals surface area contributed by atoms with Crippen LogP contribution in [-0.2, 0) is 12.0 Å². The molecule has 0 aromatic carbocycles. The van der Waals surface area contributed by atoms with E-state index in [1.807, 2.05) is 12.1 Å². The van der Waals surface area contributed by atoms with E-state index in [4.69, 9.17) is 0 Å². The van der Waals surface area contributed by atoms with E-state index in [1.54, 1.807) is 6.20 Å². The SMILES string of the molecule is [CH2]CC1(O)CCCc2cccnc21. The number of aromatic nitrogens is 1. The van der Waals surface area contributed by atoms with Gasteiger partial charge in [0.25, 0.3) is 0 Å². The van der Waals surface area contributed by atoms with Crippen molar-refractivity contribution in [2.45, 2.75) is 31.3 Å². The maximum absolute atomic E-state index is 10.2. The molecular formula is C11H14NO. The Kier molecular flexibility index (Phi) is 2.08. The van der Waals surface area contributed by atoms with Gasteiger partial charge in [-0.1, -0.05) is 13.0 Å². The highest BCUT2D eigenvalue weighted by Gasteiger charge is 2.33. The van der Waals surface area contributed by atoms with Gasteiger partial charge in [-0.3, -0.25) is 4.98 Å². The molecule has 1 atom stereocenters. The fraction of sp³-hybridized carbons (Fsp3) is 0.455. The Morgan fingerprint density at radius 2 is 2.46 bits per heavy atom. The van der Waals surface area contributed by atoms with Gasteiger partial charge in [-0.25, -0.2) is 0 Å². The second-order valence-corrected chi connectivity index (χ2v) is 3.65. The predicted molar refractivity (Wildman–Crippen MR) is 51.0 cm³/mol. The number of aryl methyl sites for hydroxylation is 1. The molecule has 2 nitrogen and oxygen atoms in total. The summed E-state index contributed by atoms with van der Waals surface area (Å²) in [5, 5.41) is 10.2. The Morgan fingerprint density at radius 3 is 3.23 bits per heavy atom. The highest BCUT2D eigenvalue weighted by molar-refractivity contribution is 5.28. The summed E-state index contributed by atoms with van der Waals surface area (Å²) in [5.41, 5.74) is 1.26. The van der Waals surface area contributed by atoms with Crippen molar-refractivity contribution in [1.82, 2.24) is 4.98 Å². The monoisotopic (exact) mass is 176 g/mol. The summed E-state index contributed by atoms with van der Waals surface area (Å²) >= 11 is 0. The van der Waals surface area contributed by atoms with E-state index in [9.17, 15) is 5.11 Å². The molecule has 1 N–H and O–H groups in total. The van der Waals surface area contributed by atoms with Gasteiger partial charge in [0, 0.05) is 6.20 Å². The summed E-state index contributed by atoms with van der Waals surface area (Å²) in [6, 6.07) is 3.97. The Hall–Kier alpha value is -0.890. The Balaban J connectivity index is 2.48. The molecule has 2 heteroatoms. The van der Waals surface area contributed by atoms with Crippen LogP contribution in [-0.4, -0.2) is 10.1 Å². The van der Waals surface area contributed by atoms with Crippen LogP contribution in [0.2, 0.25) is 0 Å². The molecule has 1 aliphatic rings. The standard InChI is InChI=1S/C11H14NO/c1-2-11(13)7-3-5-9-6-4-8-12-10(9)11/h4,6,8,13H,1-3,5,7H2. The molecule has 0 saturated carbocycles. The van der Waals surface area contributed by atoms with Crippen LogP contribution in [0, 0.1) is 6.92 Å². The minimum Gasteiger partial charge on any atom is -0.384 e. The van der Waals surface area contributed by atoms with Crippen molar-refractivity contribution in [2.75, 3.05) is 0 Å². The minimum absolute atomic E-state index is 0.511. The zero-order valence-electron chi connectivity index (χ0n) is 7.66. The Bertz CT molecular complexity index is 311. The third kappa shape index (κ3) is 1.35. The molecule has 1 unspecified atom stereocenters. The molecule has 13 heavy (non-hydrogen) atoms. The molecule has 1 aromatic heterocycles. The molecule has 1 aromatic rings. The first-order chi connectivity index (χ1) is 6.26. The van der Waals surface area contributed by atoms with Gasteiger partial charge in [-0.2, -0.15) is 0 Å². The summed E-state index contributed by atoms with van der Waals surface area (Å²) in [5.74, 6) is 0. The molecule has 69 valence electrons. The largest absolute Gasteiger partial charge is 0.384 e. The molecule has 1 aliphatic carbocycles. The maximum atomic E-state index is 10.2. The van der Waals surface area contributed by atoms with E-state index in [2.05, 4.69) is 11.9 Å². The zero-order valence-corrected chi connectivity index (χ0v) is 7.66. The van der Waals surface area contributed by atoms with Crippen LogP contribution in [0.4, 0.5) is 0 Å². The van der Waals surface area contributed by atoms with Crippen LogP contribution >= 0.6 is 0 Å². The summed E-state index contributed by atoms with van der Waals surface area (Å²) in [6.45, 7) is 3.79. The fourth-order valence-corrected chi connectivity index (χ4v) is 1.99. The molecule has 0 saturated heterocycles. The van der Waals surface area contributed by atoms with Crippen LogP contribution in [0.1, 0.15) is 30.5 Å². The van der Waals surface area contributed by atoms with E-state index < -0.39 is 5.60 Å². The molecule has 2 rings (SSSR count). The highest BCUT2D eigenvalue weighted by Crippen LogP contribution is 2.35. The average Bonchev–Trinajstić information content (AvgIpc) is 2.19. The van der Waals surface area contributed by atoms with Crippen molar-refractivity contribution in [3.63, 3.8) is 0 Å². The lowest BCUT2D eigenvalue weighted by Gasteiger charge is -2.32. The lowest BCUT2D eigenvalue weighted by molar-refractivity contribution is 0.0164. The summed E-state index contributed by atoms with van der Waals surface area (Å²) in [4.78, 5) is 4.25. The normalized spacial score (nSPS) is 26.9. The molecule has 0 amide bonds. The molecule has 0 spiro atoms. The van der Waals surface area contributed by atoms with Crippen LogP contribution in [0.15, 0.2) is 18.3 Å². The summed E-state index contributed by atoms with van der Waals surface area (Å²) in [7, 11) is 0. The number of pyridine rings is 1. The molecule has 0 aliphatic heterocycles. The predicted octanol–water partition coefficient (Wildman–Crippen LogP) is 1.83. The van der Waals surface area contributed by atoms with Crippen molar-refractivity contribution in [1.29, 1.82) is 0 Å². The maximum Gasteiger partial charge on any atom is 0.107 e. The number of hydrogen-bond acceptors (Lipinski definition) is 2. The second kappa shape index (κ2) is 3.11. The number of rotatable bonds is 1. The number of aliphatic hydroxyl groups is 1. The minimum atomic E-state index is -0.769. The lowest BCUT2D eigenvalue weighted by atomic mass is 9.81. The van der Waals surface area contributed by atoms with Crippen LogP contribution in [0.3, 0.4) is 0 Å². The van der Waals surface area contributed by atoms with Gasteiger partial charge >= 0.3 is 0 Å². The first kappa shape index (κ1) is 8.70. The van der Waals surface area contributed by atoms with E-state index in [0.29, 0.717) is 6.42 Å². The second-order valence-electron chi connectivity index (χ2n) is 3.65. The summed E-state index contributed by atoms with van der Waals surface area (Å²) in [6.07, 6.45) is 5.11. The van der Waals surface area contributed by atoms with E-state index >= 15 is 0 Å². The van der Waals surface area contributed by atoms with Gasteiger partial charge in [-0.05, 0) is 37.3 Å². The Morgan fingerprint density at radius 1 is 1.62 bits per heavy atom. The third-order valence-electron chi connectivity index (χ3n) is 2.78. The molecule has 0 fully saturated rings. The van der Waals surface area contributed by atoms with Crippen molar-refractivity contribution in [3.05, 3.63) is 36.5 Å². The van der Waals surface area contributed by atoms with Crippen molar-refractivity contribution >= 4 is 0 Å². The van der Waals surface area contributed by atoms with Gasteiger partial charge < -0.3 is 5.11 Å². The van der Waals surface area contributed by atoms with E-state index in [1.165, 1.54) is 5.56 Å². The van der Waals surface area contributed by atoms with Gasteiger partial charge in [0.1, 0.15) is 5.60 Å². The van der Waals surface area contributed by atoms with Crippen LogP contribution < -0.4 is 0 Å². The zero-order chi connectivity index (χ0) is 9.31. The number of fused-ring (bicyclic) bond motifs is 1. The smallest absolute Gasteiger partial charge is 0.107 e. The first-order valence-electron chi connectivity index (χ1n) is 4.72. The third-order valence-corrected chi connectivity index (χ3v) is 2.78. The molecule has 0 bridgehead atoms. The van der Waals surface area contributed by atoms with E-state index in [0.717, 1.165) is 25.0 Å². The molecule has 1 heterocycles. The topological polar surface area (TPSA) is 33.1 Å².